The molecule has 0 radical (unpaired) electrons. The fourth-order valence-corrected chi connectivity index (χ4v) is 2.16. The molecule has 0 aliphatic carbocycles. The summed E-state index contributed by atoms with van der Waals surface area (Å²) < 4.78 is 0. The Morgan fingerprint density at radius 2 is 2.29 bits per heavy atom. The number of rotatable bonds is 3. The highest BCUT2D eigenvalue weighted by molar-refractivity contribution is 5.87. The van der Waals surface area contributed by atoms with Crippen molar-refractivity contribution >= 4 is 5.71 Å². The Kier molecular flexibility index (Phi) is 4.39. The molecule has 0 bridgehead atoms. The van der Waals surface area contributed by atoms with E-state index in [1.54, 1.807) is 0 Å². The summed E-state index contributed by atoms with van der Waals surface area (Å²) in [5, 5.41) is 12.2. The number of likely N-dealkylation sites (tertiary alicyclic amines) is 1. The van der Waals surface area contributed by atoms with Gasteiger partial charge in [-0.15, -0.1) is 0 Å². The predicted octanol–water partition coefficient (Wildman–Crippen LogP) is 2.20. The second-order valence-electron chi connectivity index (χ2n) is 4.60. The van der Waals surface area contributed by atoms with Crippen molar-refractivity contribution in [3.05, 3.63) is 0 Å². The van der Waals surface area contributed by atoms with Gasteiger partial charge in [0.15, 0.2) is 0 Å². The molecular formula is C11H22N2O. The van der Waals surface area contributed by atoms with Gasteiger partial charge in [0.1, 0.15) is 0 Å². The molecule has 3 heteroatoms. The van der Waals surface area contributed by atoms with Gasteiger partial charge in [-0.1, -0.05) is 25.9 Å². The minimum Gasteiger partial charge on any atom is -0.411 e. The molecule has 14 heavy (non-hydrogen) atoms. The minimum absolute atomic E-state index is 0.465. The topological polar surface area (TPSA) is 35.8 Å². The lowest BCUT2D eigenvalue weighted by Gasteiger charge is -2.33. The van der Waals surface area contributed by atoms with Gasteiger partial charge in [0.25, 0.3) is 0 Å². The molecule has 0 aromatic rings. The van der Waals surface area contributed by atoms with Crippen molar-refractivity contribution in [2.75, 3.05) is 19.6 Å². The highest BCUT2D eigenvalue weighted by Gasteiger charge is 2.24. The van der Waals surface area contributed by atoms with Gasteiger partial charge in [-0.3, -0.25) is 0 Å². The molecule has 3 nitrogen and oxygen atoms in total. The molecule has 0 spiro atoms. The van der Waals surface area contributed by atoms with Crippen molar-refractivity contribution in [3.63, 3.8) is 0 Å². The molecule has 1 aliphatic rings. The lowest BCUT2D eigenvalue weighted by Crippen LogP contribution is -2.42. The minimum atomic E-state index is 0.465. The molecule has 0 aromatic carbocycles. The maximum atomic E-state index is 8.83. The van der Waals surface area contributed by atoms with Crippen molar-refractivity contribution in [1.29, 1.82) is 0 Å². The number of oxime groups is 1. The molecule has 1 saturated heterocycles. The van der Waals surface area contributed by atoms with Crippen LogP contribution in [0.15, 0.2) is 5.16 Å². The van der Waals surface area contributed by atoms with E-state index in [0.717, 1.165) is 44.1 Å². The van der Waals surface area contributed by atoms with E-state index in [4.69, 9.17) is 5.21 Å². The summed E-state index contributed by atoms with van der Waals surface area (Å²) in [6.45, 7) is 9.93. The van der Waals surface area contributed by atoms with Crippen LogP contribution >= 0.6 is 0 Å². The molecule has 1 rings (SSSR count). The SMILES string of the molecule is CCC1CN(CC(C)C)CC/C1=N/O. The third kappa shape index (κ3) is 2.98. The van der Waals surface area contributed by atoms with Gasteiger partial charge in [0, 0.05) is 32.0 Å². The predicted molar refractivity (Wildman–Crippen MR) is 58.9 cm³/mol. The van der Waals surface area contributed by atoms with E-state index in [9.17, 15) is 0 Å². The van der Waals surface area contributed by atoms with Crippen LogP contribution in [-0.4, -0.2) is 35.5 Å². The van der Waals surface area contributed by atoms with Crippen LogP contribution in [0.25, 0.3) is 0 Å². The van der Waals surface area contributed by atoms with Crippen molar-refractivity contribution in [2.45, 2.75) is 33.6 Å². The van der Waals surface area contributed by atoms with E-state index >= 15 is 0 Å². The van der Waals surface area contributed by atoms with Crippen LogP contribution in [0.5, 0.6) is 0 Å². The van der Waals surface area contributed by atoms with E-state index in [1.165, 1.54) is 0 Å². The summed E-state index contributed by atoms with van der Waals surface area (Å²) in [7, 11) is 0. The van der Waals surface area contributed by atoms with Gasteiger partial charge in [-0.25, -0.2) is 0 Å². The number of nitrogens with zero attached hydrogens (tertiary/aromatic N) is 2. The van der Waals surface area contributed by atoms with E-state index in [-0.39, 0.29) is 0 Å². The molecule has 0 saturated carbocycles. The Balaban J connectivity index is 2.48. The first-order chi connectivity index (χ1) is 6.67. The van der Waals surface area contributed by atoms with Crippen LogP contribution in [-0.2, 0) is 0 Å². The Bertz CT molecular complexity index is 201. The molecular weight excluding hydrogens is 176 g/mol. The Morgan fingerprint density at radius 3 is 2.79 bits per heavy atom. The second kappa shape index (κ2) is 5.35. The molecule has 1 aliphatic heterocycles. The second-order valence-corrected chi connectivity index (χ2v) is 4.60. The van der Waals surface area contributed by atoms with E-state index in [1.807, 2.05) is 0 Å². The largest absolute Gasteiger partial charge is 0.411 e. The van der Waals surface area contributed by atoms with Crippen LogP contribution in [0.3, 0.4) is 0 Å². The monoisotopic (exact) mass is 198 g/mol. The zero-order chi connectivity index (χ0) is 10.6. The maximum Gasteiger partial charge on any atom is 0.0627 e. The van der Waals surface area contributed by atoms with Gasteiger partial charge in [0.05, 0.1) is 5.71 Å². The van der Waals surface area contributed by atoms with Gasteiger partial charge in [-0.05, 0) is 12.3 Å². The average Bonchev–Trinajstić information content (AvgIpc) is 2.16. The zero-order valence-corrected chi connectivity index (χ0v) is 9.53. The molecule has 1 heterocycles. The summed E-state index contributed by atoms with van der Waals surface area (Å²) in [4.78, 5) is 2.48. The molecule has 1 N–H and O–H groups in total. The lowest BCUT2D eigenvalue weighted by molar-refractivity contribution is 0.207. The summed E-state index contributed by atoms with van der Waals surface area (Å²) in [6, 6.07) is 0. The zero-order valence-electron chi connectivity index (χ0n) is 9.53. The molecule has 0 amide bonds. The first-order valence-electron chi connectivity index (χ1n) is 5.60. The Labute approximate surface area is 86.8 Å². The normalized spacial score (nSPS) is 27.4. The third-order valence-electron chi connectivity index (χ3n) is 2.88. The van der Waals surface area contributed by atoms with Crippen molar-refractivity contribution in [2.24, 2.45) is 17.0 Å². The highest BCUT2D eigenvalue weighted by Crippen LogP contribution is 2.18. The van der Waals surface area contributed by atoms with E-state index in [2.05, 4.69) is 30.8 Å². The summed E-state index contributed by atoms with van der Waals surface area (Å²) >= 11 is 0. The molecule has 0 aromatic heterocycles. The van der Waals surface area contributed by atoms with Crippen molar-refractivity contribution in [1.82, 2.24) is 4.90 Å². The van der Waals surface area contributed by atoms with Gasteiger partial charge >= 0.3 is 0 Å². The molecule has 1 unspecified atom stereocenters. The Morgan fingerprint density at radius 1 is 1.57 bits per heavy atom. The first-order valence-corrected chi connectivity index (χ1v) is 5.60. The van der Waals surface area contributed by atoms with Gasteiger partial charge < -0.3 is 10.1 Å². The van der Waals surface area contributed by atoms with Crippen LogP contribution in [0.1, 0.15) is 33.6 Å². The molecule has 1 atom stereocenters. The van der Waals surface area contributed by atoms with Crippen LogP contribution < -0.4 is 0 Å². The average molecular weight is 198 g/mol. The quantitative estimate of drug-likeness (QED) is 0.557. The van der Waals surface area contributed by atoms with Crippen LogP contribution in [0, 0.1) is 11.8 Å². The van der Waals surface area contributed by atoms with Crippen molar-refractivity contribution in [3.8, 4) is 0 Å². The van der Waals surface area contributed by atoms with Crippen LogP contribution in [0.2, 0.25) is 0 Å². The molecule has 82 valence electrons. The number of piperidine rings is 1. The Hall–Kier alpha value is -0.570. The lowest BCUT2D eigenvalue weighted by atomic mass is 9.93. The number of hydrogen-bond acceptors (Lipinski definition) is 3. The third-order valence-corrected chi connectivity index (χ3v) is 2.88. The van der Waals surface area contributed by atoms with E-state index in [0.29, 0.717) is 5.92 Å². The summed E-state index contributed by atoms with van der Waals surface area (Å²) in [6.07, 6.45) is 2.01. The summed E-state index contributed by atoms with van der Waals surface area (Å²) in [5.74, 6) is 1.19. The maximum absolute atomic E-state index is 8.83. The van der Waals surface area contributed by atoms with Crippen LogP contribution in [0.4, 0.5) is 0 Å². The highest BCUT2D eigenvalue weighted by atomic mass is 16.4. The fourth-order valence-electron chi connectivity index (χ4n) is 2.16. The standard InChI is InChI=1S/C11H22N2O/c1-4-10-8-13(7-9(2)3)6-5-11(10)12-14/h9-10,14H,4-8H2,1-3H3/b12-11-. The number of hydrogen-bond donors (Lipinski definition) is 1. The van der Waals surface area contributed by atoms with Gasteiger partial charge in [-0.2, -0.15) is 0 Å². The summed E-state index contributed by atoms with van der Waals surface area (Å²) in [5.41, 5.74) is 0.993. The van der Waals surface area contributed by atoms with Crippen molar-refractivity contribution < 1.29 is 5.21 Å². The smallest absolute Gasteiger partial charge is 0.0627 e. The first kappa shape index (κ1) is 11.5. The van der Waals surface area contributed by atoms with Gasteiger partial charge in [0.2, 0.25) is 0 Å². The molecule has 1 fully saturated rings. The van der Waals surface area contributed by atoms with E-state index < -0.39 is 0 Å². The fraction of sp³-hybridized carbons (Fsp3) is 0.909.